The first-order chi connectivity index (χ1) is 17.0. The number of nitrogens with zero attached hydrogens (tertiary/aromatic N) is 2. The molecule has 35 heavy (non-hydrogen) atoms. The second-order valence-electron chi connectivity index (χ2n) is 8.24. The number of benzene rings is 1. The summed E-state index contributed by atoms with van der Waals surface area (Å²) in [7, 11) is 1.33. The predicted molar refractivity (Wildman–Crippen MR) is 133 cm³/mol. The molecule has 1 amide bonds. The van der Waals surface area contributed by atoms with Gasteiger partial charge in [-0.15, -0.1) is 0 Å². The summed E-state index contributed by atoms with van der Waals surface area (Å²) in [6.45, 7) is 2.42. The van der Waals surface area contributed by atoms with Crippen molar-refractivity contribution in [2.75, 3.05) is 17.7 Å². The summed E-state index contributed by atoms with van der Waals surface area (Å²) in [5.41, 5.74) is 5.14. The number of pyridine rings is 1. The maximum absolute atomic E-state index is 12.9. The van der Waals surface area contributed by atoms with Crippen molar-refractivity contribution in [2.24, 2.45) is 0 Å². The maximum Gasteiger partial charge on any atom is 0.356 e. The number of aromatic amines is 1. The average Bonchev–Trinajstić information content (AvgIpc) is 3.59. The molecule has 0 fully saturated rings. The number of carbonyl (C=O) groups excluding carboxylic acids is 2. The van der Waals surface area contributed by atoms with E-state index in [2.05, 4.69) is 26.7 Å². The SMILES string of the molecule is COC(=O)c1c(NC(C)=O)c2cc(NCc3ccoc3)cnc2n1CCc1c[nH]c2ccccc12. The number of H-pyrrole nitrogens is 1. The van der Waals surface area contributed by atoms with E-state index in [1.54, 1.807) is 18.7 Å². The number of ether oxygens (including phenoxy) is 1. The van der Waals surface area contributed by atoms with Gasteiger partial charge < -0.3 is 29.3 Å². The number of hydrogen-bond donors (Lipinski definition) is 3. The highest BCUT2D eigenvalue weighted by Crippen LogP contribution is 2.33. The first-order valence-corrected chi connectivity index (χ1v) is 11.2. The van der Waals surface area contributed by atoms with Crippen molar-refractivity contribution in [2.45, 2.75) is 26.4 Å². The minimum Gasteiger partial charge on any atom is -0.472 e. The molecule has 0 aliphatic heterocycles. The molecule has 4 aromatic heterocycles. The number of aryl methyl sites for hydroxylation is 2. The van der Waals surface area contributed by atoms with Gasteiger partial charge in [-0.1, -0.05) is 18.2 Å². The Hall–Kier alpha value is -4.53. The fraction of sp³-hybridized carbons (Fsp3) is 0.192. The monoisotopic (exact) mass is 471 g/mol. The predicted octanol–water partition coefficient (Wildman–Crippen LogP) is 4.71. The number of hydrogen-bond acceptors (Lipinski definition) is 6. The summed E-state index contributed by atoms with van der Waals surface area (Å²) in [5, 5.41) is 7.90. The molecule has 3 N–H and O–H groups in total. The van der Waals surface area contributed by atoms with Crippen LogP contribution in [0.1, 0.15) is 28.5 Å². The van der Waals surface area contributed by atoms with E-state index in [1.165, 1.54) is 14.0 Å². The maximum atomic E-state index is 12.9. The first-order valence-electron chi connectivity index (χ1n) is 11.2. The Morgan fingerprint density at radius 1 is 1.20 bits per heavy atom. The van der Waals surface area contributed by atoms with Gasteiger partial charge in [-0.2, -0.15) is 0 Å². The van der Waals surface area contributed by atoms with E-state index >= 15 is 0 Å². The summed E-state index contributed by atoms with van der Waals surface area (Å²) in [5.74, 6) is -0.832. The van der Waals surface area contributed by atoms with Gasteiger partial charge in [0.15, 0.2) is 5.69 Å². The van der Waals surface area contributed by atoms with Crippen LogP contribution in [-0.2, 0) is 29.0 Å². The molecule has 9 nitrogen and oxygen atoms in total. The van der Waals surface area contributed by atoms with E-state index in [0.29, 0.717) is 36.2 Å². The first kappa shape index (κ1) is 22.3. The number of nitrogens with one attached hydrogen (secondary N) is 3. The van der Waals surface area contributed by atoms with Crippen LogP contribution >= 0.6 is 0 Å². The van der Waals surface area contributed by atoms with E-state index in [9.17, 15) is 9.59 Å². The molecule has 5 rings (SSSR count). The van der Waals surface area contributed by atoms with Gasteiger partial charge in [-0.25, -0.2) is 9.78 Å². The van der Waals surface area contributed by atoms with E-state index in [-0.39, 0.29) is 11.6 Å². The van der Waals surface area contributed by atoms with E-state index in [0.717, 1.165) is 27.7 Å². The Morgan fingerprint density at radius 3 is 2.83 bits per heavy atom. The van der Waals surface area contributed by atoms with Crippen LogP contribution in [0.4, 0.5) is 11.4 Å². The molecular formula is C26H25N5O4. The van der Waals surface area contributed by atoms with Crippen molar-refractivity contribution < 1.29 is 18.7 Å². The molecule has 1 aromatic carbocycles. The number of carbonyl (C=O) groups is 2. The van der Waals surface area contributed by atoms with Crippen molar-refractivity contribution in [1.82, 2.24) is 14.5 Å². The van der Waals surface area contributed by atoms with Gasteiger partial charge in [0.25, 0.3) is 0 Å². The Labute approximate surface area is 201 Å². The second-order valence-corrected chi connectivity index (χ2v) is 8.24. The zero-order chi connectivity index (χ0) is 24.4. The van der Waals surface area contributed by atoms with Crippen LogP contribution in [0, 0.1) is 0 Å². The third-order valence-electron chi connectivity index (χ3n) is 5.93. The zero-order valence-electron chi connectivity index (χ0n) is 19.4. The Balaban J connectivity index is 1.56. The number of amides is 1. The molecule has 0 radical (unpaired) electrons. The number of furan rings is 1. The van der Waals surface area contributed by atoms with Crippen molar-refractivity contribution in [3.05, 3.63) is 78.1 Å². The molecular weight excluding hydrogens is 446 g/mol. The highest BCUT2D eigenvalue weighted by atomic mass is 16.5. The van der Waals surface area contributed by atoms with Gasteiger partial charge in [0.05, 0.1) is 37.2 Å². The number of fused-ring (bicyclic) bond motifs is 2. The van der Waals surface area contributed by atoms with Crippen LogP contribution in [0.25, 0.3) is 21.9 Å². The van der Waals surface area contributed by atoms with Crippen LogP contribution in [-0.4, -0.2) is 33.5 Å². The lowest BCUT2D eigenvalue weighted by Gasteiger charge is -2.10. The lowest BCUT2D eigenvalue weighted by atomic mass is 10.1. The lowest BCUT2D eigenvalue weighted by Crippen LogP contribution is -2.16. The highest BCUT2D eigenvalue weighted by Gasteiger charge is 2.25. The number of anilines is 2. The fourth-order valence-electron chi connectivity index (χ4n) is 4.32. The summed E-state index contributed by atoms with van der Waals surface area (Å²) in [6, 6.07) is 11.8. The molecule has 4 heterocycles. The number of methoxy groups -OCH3 is 1. The highest BCUT2D eigenvalue weighted by molar-refractivity contribution is 6.11. The third-order valence-corrected chi connectivity index (χ3v) is 5.93. The molecule has 9 heteroatoms. The second kappa shape index (κ2) is 9.38. The van der Waals surface area contributed by atoms with E-state index < -0.39 is 5.97 Å². The quantitative estimate of drug-likeness (QED) is 0.282. The van der Waals surface area contributed by atoms with Gasteiger partial charge in [-0.05, 0) is 30.2 Å². The average molecular weight is 472 g/mol. The third kappa shape index (κ3) is 4.35. The van der Waals surface area contributed by atoms with Crippen LogP contribution in [0.15, 0.2) is 65.7 Å². The standard InChI is InChI=1S/C26H25N5O4/c1-16(32)30-23-21-11-19(27-12-17-8-10-35-15-17)14-29-25(21)31(24(23)26(33)34-2)9-7-18-13-28-22-6-4-3-5-20(18)22/h3-6,8,10-11,13-15,27-28H,7,9,12H2,1-2H3,(H,30,32). The van der Waals surface area contributed by atoms with Crippen LogP contribution in [0.2, 0.25) is 0 Å². The molecule has 0 saturated heterocycles. The van der Waals surface area contributed by atoms with Gasteiger partial charge >= 0.3 is 5.97 Å². The van der Waals surface area contributed by atoms with Crippen molar-refractivity contribution in [3.63, 3.8) is 0 Å². The molecule has 0 atom stereocenters. The molecule has 0 unspecified atom stereocenters. The van der Waals surface area contributed by atoms with Gasteiger partial charge in [-0.3, -0.25) is 4.79 Å². The number of aromatic nitrogens is 3. The number of esters is 1. The zero-order valence-corrected chi connectivity index (χ0v) is 19.4. The molecule has 5 aromatic rings. The summed E-state index contributed by atoms with van der Waals surface area (Å²) >= 11 is 0. The minimum atomic E-state index is -0.543. The normalized spacial score (nSPS) is 11.1. The summed E-state index contributed by atoms with van der Waals surface area (Å²) in [4.78, 5) is 32.9. The van der Waals surface area contributed by atoms with Gasteiger partial charge in [0, 0.05) is 48.1 Å². The molecule has 0 saturated carbocycles. The van der Waals surface area contributed by atoms with E-state index in [1.807, 2.05) is 41.1 Å². The van der Waals surface area contributed by atoms with Crippen LogP contribution < -0.4 is 10.6 Å². The van der Waals surface area contributed by atoms with Gasteiger partial charge in [0.1, 0.15) is 5.65 Å². The minimum absolute atomic E-state index is 0.261. The lowest BCUT2D eigenvalue weighted by molar-refractivity contribution is -0.114. The number of rotatable bonds is 8. The Morgan fingerprint density at radius 2 is 2.06 bits per heavy atom. The van der Waals surface area contributed by atoms with Crippen LogP contribution in [0.3, 0.4) is 0 Å². The molecule has 178 valence electrons. The Bertz CT molecular complexity index is 1510. The molecule has 0 aliphatic carbocycles. The molecule has 0 bridgehead atoms. The number of para-hydroxylation sites is 1. The van der Waals surface area contributed by atoms with Crippen molar-refractivity contribution >= 4 is 45.2 Å². The smallest absolute Gasteiger partial charge is 0.356 e. The molecule has 0 aliphatic rings. The van der Waals surface area contributed by atoms with Crippen molar-refractivity contribution in [3.8, 4) is 0 Å². The Kier molecular flexibility index (Phi) is 5.97. The largest absolute Gasteiger partial charge is 0.472 e. The van der Waals surface area contributed by atoms with Crippen molar-refractivity contribution in [1.29, 1.82) is 0 Å². The summed E-state index contributed by atoms with van der Waals surface area (Å²) in [6.07, 6.45) is 7.62. The molecule has 0 spiro atoms. The fourth-order valence-corrected chi connectivity index (χ4v) is 4.32. The topological polar surface area (TPSA) is 114 Å². The summed E-state index contributed by atoms with van der Waals surface area (Å²) < 4.78 is 12.0. The van der Waals surface area contributed by atoms with E-state index in [4.69, 9.17) is 9.15 Å². The van der Waals surface area contributed by atoms with Crippen LogP contribution in [0.5, 0.6) is 0 Å². The van der Waals surface area contributed by atoms with Gasteiger partial charge in [0.2, 0.25) is 5.91 Å².